The van der Waals surface area contributed by atoms with E-state index in [0.717, 1.165) is 5.56 Å². The Labute approximate surface area is 154 Å². The summed E-state index contributed by atoms with van der Waals surface area (Å²) in [6.45, 7) is 3.96. The van der Waals surface area contributed by atoms with Crippen molar-refractivity contribution in [1.29, 1.82) is 0 Å². The molecule has 0 radical (unpaired) electrons. The highest BCUT2D eigenvalue weighted by atomic mass is 32.2. The van der Waals surface area contributed by atoms with E-state index in [9.17, 15) is 13.2 Å². The van der Waals surface area contributed by atoms with Crippen molar-refractivity contribution >= 4 is 22.1 Å². The van der Waals surface area contributed by atoms with Gasteiger partial charge in [-0.2, -0.15) is 0 Å². The molecule has 26 heavy (non-hydrogen) atoms. The molecular formula is C19H22N2O4S. The average molecular weight is 374 g/mol. The van der Waals surface area contributed by atoms with E-state index in [2.05, 4.69) is 9.71 Å². The molecule has 0 aliphatic heterocycles. The predicted molar refractivity (Wildman–Crippen MR) is 101 cm³/mol. The zero-order valence-corrected chi connectivity index (χ0v) is 15.8. The summed E-state index contributed by atoms with van der Waals surface area (Å²) in [5.41, 5.74) is 2.83. The second-order valence-electron chi connectivity index (χ2n) is 5.42. The smallest absolute Gasteiger partial charge is 0.330 e. The summed E-state index contributed by atoms with van der Waals surface area (Å²) in [6.07, 6.45) is 3.49. The fourth-order valence-corrected chi connectivity index (χ4v) is 3.45. The van der Waals surface area contributed by atoms with E-state index in [1.165, 1.54) is 13.1 Å². The summed E-state index contributed by atoms with van der Waals surface area (Å²) < 4.78 is 31.4. The minimum atomic E-state index is -3.50. The van der Waals surface area contributed by atoms with Gasteiger partial charge in [-0.3, -0.25) is 0 Å². The molecule has 1 aromatic carbocycles. The maximum absolute atomic E-state index is 12.1. The lowest BCUT2D eigenvalue weighted by molar-refractivity contribution is -0.137. The van der Waals surface area contributed by atoms with Gasteiger partial charge in [0.15, 0.2) is 0 Å². The monoisotopic (exact) mass is 374 g/mol. The number of pyridine rings is 1. The molecule has 0 fully saturated rings. The van der Waals surface area contributed by atoms with Gasteiger partial charge in [-0.15, -0.1) is 0 Å². The molecule has 0 unspecified atom stereocenters. The van der Waals surface area contributed by atoms with Crippen molar-refractivity contribution in [3.63, 3.8) is 0 Å². The molecule has 2 aromatic rings. The van der Waals surface area contributed by atoms with Gasteiger partial charge in [-0.05, 0) is 56.3 Å². The summed E-state index contributed by atoms with van der Waals surface area (Å²) in [7, 11) is -2.11. The molecule has 6 nitrogen and oxygen atoms in total. The van der Waals surface area contributed by atoms with E-state index in [4.69, 9.17) is 4.74 Å². The average Bonchev–Trinajstić information content (AvgIpc) is 2.66. The first-order chi connectivity index (χ1) is 12.4. The lowest BCUT2D eigenvalue weighted by Crippen LogP contribution is -2.20. The van der Waals surface area contributed by atoms with Crippen LogP contribution in [-0.2, 0) is 26.0 Å². The van der Waals surface area contributed by atoms with Crippen molar-refractivity contribution in [3.05, 3.63) is 53.7 Å². The maximum atomic E-state index is 12.1. The van der Waals surface area contributed by atoms with Crippen molar-refractivity contribution in [2.24, 2.45) is 0 Å². The number of nitrogens with one attached hydrogen (secondary N) is 1. The van der Waals surface area contributed by atoms with Crippen molar-refractivity contribution < 1.29 is 17.9 Å². The van der Waals surface area contributed by atoms with Crippen molar-refractivity contribution in [1.82, 2.24) is 9.71 Å². The molecular weight excluding hydrogens is 352 g/mol. The standard InChI is InChI=1S/C19H22N2O4S/c1-4-14-13-15(9-11-18(14)26(23,24)20-3)17-8-6-7-16(21-17)10-12-19(22)25-5-2/h6-13,20H,4-5H2,1-3H3. The number of rotatable bonds is 7. The molecule has 0 saturated heterocycles. The summed E-state index contributed by atoms with van der Waals surface area (Å²) in [6, 6.07) is 10.6. The number of hydrogen-bond donors (Lipinski definition) is 1. The number of aryl methyl sites for hydroxylation is 1. The van der Waals surface area contributed by atoms with E-state index >= 15 is 0 Å². The van der Waals surface area contributed by atoms with Crippen LogP contribution in [-0.4, -0.2) is 33.0 Å². The van der Waals surface area contributed by atoms with Crippen LogP contribution >= 0.6 is 0 Å². The predicted octanol–water partition coefficient (Wildman–Crippen LogP) is 2.80. The van der Waals surface area contributed by atoms with Crippen LogP contribution in [0.4, 0.5) is 0 Å². The quantitative estimate of drug-likeness (QED) is 0.595. The van der Waals surface area contributed by atoms with Crippen LogP contribution in [0, 0.1) is 0 Å². The minimum Gasteiger partial charge on any atom is -0.463 e. The third kappa shape index (κ3) is 4.77. The topological polar surface area (TPSA) is 85.4 Å². The van der Waals surface area contributed by atoms with Crippen molar-refractivity contribution in [2.75, 3.05) is 13.7 Å². The number of carbonyl (C=O) groups is 1. The van der Waals surface area contributed by atoms with Crippen LogP contribution in [0.3, 0.4) is 0 Å². The van der Waals surface area contributed by atoms with E-state index in [0.29, 0.717) is 30.0 Å². The highest BCUT2D eigenvalue weighted by Gasteiger charge is 2.16. The number of carbonyl (C=O) groups excluding carboxylic acids is 1. The lowest BCUT2D eigenvalue weighted by atomic mass is 10.1. The molecule has 1 N–H and O–H groups in total. The Kier molecular flexibility index (Phi) is 6.65. The third-order valence-corrected chi connectivity index (χ3v) is 5.26. The lowest BCUT2D eigenvalue weighted by Gasteiger charge is -2.11. The second-order valence-corrected chi connectivity index (χ2v) is 7.27. The molecule has 1 heterocycles. The molecule has 0 aliphatic rings. The molecule has 0 bridgehead atoms. The third-order valence-electron chi connectivity index (χ3n) is 3.74. The first-order valence-electron chi connectivity index (χ1n) is 8.30. The van der Waals surface area contributed by atoms with Crippen LogP contribution in [0.15, 0.2) is 47.4 Å². The molecule has 0 aliphatic carbocycles. The van der Waals surface area contributed by atoms with Crippen LogP contribution < -0.4 is 4.72 Å². The highest BCUT2D eigenvalue weighted by Crippen LogP contribution is 2.24. The van der Waals surface area contributed by atoms with Gasteiger partial charge in [-0.25, -0.2) is 22.9 Å². The van der Waals surface area contributed by atoms with Gasteiger partial charge in [-0.1, -0.05) is 19.1 Å². The van der Waals surface area contributed by atoms with Crippen LogP contribution in [0.2, 0.25) is 0 Å². The summed E-state index contributed by atoms with van der Waals surface area (Å²) in [5.74, 6) is -0.422. The molecule has 0 spiro atoms. The normalized spacial score (nSPS) is 11.7. The number of benzene rings is 1. The van der Waals surface area contributed by atoms with E-state index in [-0.39, 0.29) is 4.90 Å². The summed E-state index contributed by atoms with van der Waals surface area (Å²) in [4.78, 5) is 16.2. The Balaban J connectivity index is 2.37. The Morgan fingerprint density at radius 1 is 1.23 bits per heavy atom. The Bertz CT molecular complexity index is 921. The van der Waals surface area contributed by atoms with Gasteiger partial charge in [0.05, 0.1) is 22.9 Å². The number of esters is 1. The zero-order valence-electron chi connectivity index (χ0n) is 15.0. The van der Waals surface area contributed by atoms with Crippen LogP contribution in [0.1, 0.15) is 25.1 Å². The van der Waals surface area contributed by atoms with Crippen molar-refractivity contribution in [2.45, 2.75) is 25.2 Å². The van der Waals surface area contributed by atoms with Gasteiger partial charge in [0.1, 0.15) is 0 Å². The number of hydrogen-bond acceptors (Lipinski definition) is 5. The molecule has 138 valence electrons. The Morgan fingerprint density at radius 2 is 2.00 bits per heavy atom. The first kappa shape index (κ1) is 19.8. The number of sulfonamides is 1. The molecule has 7 heteroatoms. The van der Waals surface area contributed by atoms with Gasteiger partial charge in [0.2, 0.25) is 10.0 Å². The molecule has 0 atom stereocenters. The zero-order chi connectivity index (χ0) is 19.2. The second kappa shape index (κ2) is 8.73. The Morgan fingerprint density at radius 3 is 2.65 bits per heavy atom. The maximum Gasteiger partial charge on any atom is 0.330 e. The fraction of sp³-hybridized carbons (Fsp3) is 0.263. The van der Waals surface area contributed by atoms with E-state index in [1.807, 2.05) is 25.1 Å². The van der Waals surface area contributed by atoms with Crippen molar-refractivity contribution in [3.8, 4) is 11.3 Å². The largest absolute Gasteiger partial charge is 0.463 e. The van der Waals surface area contributed by atoms with Gasteiger partial charge >= 0.3 is 5.97 Å². The van der Waals surface area contributed by atoms with Gasteiger partial charge in [0, 0.05) is 11.6 Å². The van der Waals surface area contributed by atoms with E-state index in [1.54, 1.807) is 31.2 Å². The summed E-state index contributed by atoms with van der Waals surface area (Å²) in [5, 5.41) is 0. The summed E-state index contributed by atoms with van der Waals surface area (Å²) >= 11 is 0. The first-order valence-corrected chi connectivity index (χ1v) is 9.78. The minimum absolute atomic E-state index is 0.268. The molecule has 1 aromatic heterocycles. The van der Waals surface area contributed by atoms with E-state index < -0.39 is 16.0 Å². The van der Waals surface area contributed by atoms with Crippen LogP contribution in [0.5, 0.6) is 0 Å². The highest BCUT2D eigenvalue weighted by molar-refractivity contribution is 7.89. The van der Waals surface area contributed by atoms with Crippen LogP contribution in [0.25, 0.3) is 17.3 Å². The fourth-order valence-electron chi connectivity index (χ4n) is 2.44. The number of aromatic nitrogens is 1. The molecule has 0 amide bonds. The Hall–Kier alpha value is -2.51. The van der Waals surface area contributed by atoms with Gasteiger partial charge in [0.25, 0.3) is 0 Å². The number of ether oxygens (including phenoxy) is 1. The number of nitrogens with zero attached hydrogens (tertiary/aromatic N) is 1. The molecule has 0 saturated carbocycles. The SMILES string of the molecule is CCOC(=O)C=Cc1cccc(-c2ccc(S(=O)(=O)NC)c(CC)c2)n1. The van der Waals surface area contributed by atoms with Gasteiger partial charge < -0.3 is 4.74 Å². The molecule has 2 rings (SSSR count).